The molecule has 2 atom stereocenters. The maximum Gasteiger partial charge on any atom is 0.129 e. The van der Waals surface area contributed by atoms with E-state index in [0.717, 1.165) is 5.56 Å². The van der Waals surface area contributed by atoms with Gasteiger partial charge in [-0.15, -0.1) is 12.4 Å². The number of hydrogen-bond acceptors (Lipinski definition) is 2. The molecule has 2 nitrogen and oxygen atoms in total. The monoisotopic (exact) mass is 349 g/mol. The number of aliphatic hydroxyl groups is 1. The van der Waals surface area contributed by atoms with Gasteiger partial charge in [-0.25, -0.2) is 4.39 Å². The second-order valence-electron chi connectivity index (χ2n) is 4.54. The standard InChI is InChI=1S/C15H14Cl2FNO.ClH/c16-10-6-7-11(18)13(14(10)17)15(19)12(20)8-9-4-2-1-3-5-9;/h1-7,12,15,20H,8,19H2;1H/t12-,15-;/m0./s1. The van der Waals surface area contributed by atoms with E-state index in [9.17, 15) is 9.50 Å². The third-order valence-electron chi connectivity index (χ3n) is 3.11. The molecular formula is C15H15Cl3FNO. The molecule has 0 fully saturated rings. The van der Waals surface area contributed by atoms with Crippen molar-refractivity contribution < 1.29 is 9.50 Å². The number of aliphatic hydroxyl groups excluding tert-OH is 1. The summed E-state index contributed by atoms with van der Waals surface area (Å²) in [7, 11) is 0. The minimum atomic E-state index is -0.956. The van der Waals surface area contributed by atoms with E-state index >= 15 is 0 Å². The van der Waals surface area contributed by atoms with Crippen LogP contribution in [0, 0.1) is 5.82 Å². The number of halogens is 4. The Kier molecular flexibility index (Phi) is 6.91. The van der Waals surface area contributed by atoms with Gasteiger partial charge in [0.05, 0.1) is 22.2 Å². The molecule has 0 aliphatic heterocycles. The Balaban J connectivity index is 0.00000220. The molecule has 0 bridgehead atoms. The van der Waals surface area contributed by atoms with Gasteiger partial charge in [0.25, 0.3) is 0 Å². The number of benzene rings is 2. The van der Waals surface area contributed by atoms with Crippen LogP contribution in [0.4, 0.5) is 4.39 Å². The summed E-state index contributed by atoms with van der Waals surface area (Å²) in [5.41, 5.74) is 6.88. The number of rotatable bonds is 4. The Morgan fingerprint density at radius 1 is 1.10 bits per heavy atom. The van der Waals surface area contributed by atoms with Crippen molar-refractivity contribution in [3.05, 3.63) is 69.5 Å². The van der Waals surface area contributed by atoms with Crippen molar-refractivity contribution in [1.29, 1.82) is 0 Å². The van der Waals surface area contributed by atoms with E-state index < -0.39 is 18.0 Å². The number of nitrogens with two attached hydrogens (primary N) is 1. The van der Waals surface area contributed by atoms with Gasteiger partial charge in [0.1, 0.15) is 5.82 Å². The van der Waals surface area contributed by atoms with Crippen molar-refractivity contribution in [2.45, 2.75) is 18.6 Å². The molecule has 2 rings (SSSR count). The molecule has 2 aromatic rings. The van der Waals surface area contributed by atoms with Gasteiger partial charge in [0, 0.05) is 12.0 Å². The first kappa shape index (κ1) is 18.2. The van der Waals surface area contributed by atoms with Crippen LogP contribution in [0.3, 0.4) is 0 Å². The smallest absolute Gasteiger partial charge is 0.129 e. The predicted octanol–water partition coefficient (Wildman–Crippen LogP) is 4.16. The van der Waals surface area contributed by atoms with Crippen molar-refractivity contribution >= 4 is 35.6 Å². The second kappa shape index (κ2) is 7.97. The molecule has 0 unspecified atom stereocenters. The molecule has 0 heterocycles. The Morgan fingerprint density at radius 2 is 1.71 bits per heavy atom. The van der Waals surface area contributed by atoms with Gasteiger partial charge < -0.3 is 10.8 Å². The molecule has 0 radical (unpaired) electrons. The highest BCUT2D eigenvalue weighted by atomic mass is 35.5. The first-order chi connectivity index (χ1) is 9.50. The number of hydrogen-bond donors (Lipinski definition) is 2. The fourth-order valence-corrected chi connectivity index (χ4v) is 2.47. The second-order valence-corrected chi connectivity index (χ2v) is 5.32. The molecule has 6 heteroatoms. The SMILES string of the molecule is Cl.N[C@H](c1c(F)ccc(Cl)c1Cl)[C@@H](O)Cc1ccccc1. The molecule has 0 aliphatic rings. The minimum absolute atomic E-state index is 0. The van der Waals surface area contributed by atoms with Crippen LogP contribution in [0.5, 0.6) is 0 Å². The molecule has 21 heavy (non-hydrogen) atoms. The summed E-state index contributed by atoms with van der Waals surface area (Å²) in [5, 5.41) is 10.4. The summed E-state index contributed by atoms with van der Waals surface area (Å²) in [6.07, 6.45) is -0.646. The van der Waals surface area contributed by atoms with Crippen molar-refractivity contribution in [2.75, 3.05) is 0 Å². The fourth-order valence-electron chi connectivity index (χ4n) is 2.02. The molecule has 0 aromatic heterocycles. The highest BCUT2D eigenvalue weighted by Crippen LogP contribution is 2.33. The average molecular weight is 351 g/mol. The average Bonchev–Trinajstić information content (AvgIpc) is 2.44. The molecule has 3 N–H and O–H groups in total. The summed E-state index contributed by atoms with van der Waals surface area (Å²) in [5.74, 6) is -0.570. The van der Waals surface area contributed by atoms with E-state index in [0.29, 0.717) is 6.42 Å². The van der Waals surface area contributed by atoms with Crippen molar-refractivity contribution in [3.8, 4) is 0 Å². The lowest BCUT2D eigenvalue weighted by Crippen LogP contribution is -2.29. The van der Waals surface area contributed by atoms with Crippen LogP contribution in [0.15, 0.2) is 42.5 Å². The molecule has 0 spiro atoms. The first-order valence-electron chi connectivity index (χ1n) is 6.11. The normalized spacial score (nSPS) is 13.4. The van der Waals surface area contributed by atoms with E-state index in [1.54, 1.807) is 0 Å². The van der Waals surface area contributed by atoms with Gasteiger partial charge in [0.15, 0.2) is 0 Å². The van der Waals surface area contributed by atoms with Crippen LogP contribution < -0.4 is 5.73 Å². The third-order valence-corrected chi connectivity index (χ3v) is 3.93. The quantitative estimate of drug-likeness (QED) is 0.813. The molecule has 2 aromatic carbocycles. The van der Waals surface area contributed by atoms with Crippen molar-refractivity contribution in [2.24, 2.45) is 5.73 Å². The molecule has 0 amide bonds. The molecular weight excluding hydrogens is 336 g/mol. The summed E-state index contributed by atoms with van der Waals surface area (Å²) in [6.45, 7) is 0. The molecule has 114 valence electrons. The molecule has 0 aliphatic carbocycles. The van der Waals surface area contributed by atoms with Gasteiger partial charge in [-0.2, -0.15) is 0 Å². The Labute approximate surface area is 139 Å². The zero-order valence-corrected chi connectivity index (χ0v) is 13.3. The van der Waals surface area contributed by atoms with Crippen molar-refractivity contribution in [1.82, 2.24) is 0 Å². The Morgan fingerprint density at radius 3 is 2.33 bits per heavy atom. The zero-order valence-electron chi connectivity index (χ0n) is 11.0. The first-order valence-corrected chi connectivity index (χ1v) is 6.87. The van der Waals surface area contributed by atoms with E-state index in [2.05, 4.69) is 0 Å². The van der Waals surface area contributed by atoms with Crippen LogP contribution >= 0.6 is 35.6 Å². The topological polar surface area (TPSA) is 46.2 Å². The van der Waals surface area contributed by atoms with E-state index in [-0.39, 0.29) is 28.0 Å². The van der Waals surface area contributed by atoms with E-state index in [1.807, 2.05) is 30.3 Å². The summed E-state index contributed by atoms with van der Waals surface area (Å²) < 4.78 is 13.8. The van der Waals surface area contributed by atoms with Crippen LogP contribution in [0.2, 0.25) is 10.0 Å². The van der Waals surface area contributed by atoms with E-state index in [4.69, 9.17) is 28.9 Å². The lowest BCUT2D eigenvalue weighted by molar-refractivity contribution is 0.143. The van der Waals surface area contributed by atoms with Crippen LogP contribution in [-0.2, 0) is 6.42 Å². The van der Waals surface area contributed by atoms with Gasteiger partial charge >= 0.3 is 0 Å². The minimum Gasteiger partial charge on any atom is -0.391 e. The third kappa shape index (κ3) is 4.31. The fraction of sp³-hybridized carbons (Fsp3) is 0.200. The lowest BCUT2D eigenvalue weighted by Gasteiger charge is -2.21. The van der Waals surface area contributed by atoms with Gasteiger partial charge in [-0.05, 0) is 17.7 Å². The molecule has 0 saturated heterocycles. The van der Waals surface area contributed by atoms with Crippen LogP contribution in [-0.4, -0.2) is 11.2 Å². The van der Waals surface area contributed by atoms with Gasteiger partial charge in [-0.1, -0.05) is 53.5 Å². The van der Waals surface area contributed by atoms with Crippen LogP contribution in [0.25, 0.3) is 0 Å². The summed E-state index contributed by atoms with van der Waals surface area (Å²) in [6, 6.07) is 10.9. The highest BCUT2D eigenvalue weighted by molar-refractivity contribution is 6.42. The van der Waals surface area contributed by atoms with E-state index in [1.165, 1.54) is 12.1 Å². The summed E-state index contributed by atoms with van der Waals surface area (Å²) >= 11 is 11.8. The zero-order chi connectivity index (χ0) is 14.7. The molecule has 0 saturated carbocycles. The van der Waals surface area contributed by atoms with Crippen molar-refractivity contribution in [3.63, 3.8) is 0 Å². The van der Waals surface area contributed by atoms with Gasteiger partial charge in [0.2, 0.25) is 0 Å². The Bertz CT molecular complexity index is 595. The van der Waals surface area contributed by atoms with Gasteiger partial charge in [-0.3, -0.25) is 0 Å². The van der Waals surface area contributed by atoms with Crippen LogP contribution in [0.1, 0.15) is 17.2 Å². The highest BCUT2D eigenvalue weighted by Gasteiger charge is 2.24. The largest absolute Gasteiger partial charge is 0.391 e. The maximum absolute atomic E-state index is 13.8. The summed E-state index contributed by atoms with van der Waals surface area (Å²) in [4.78, 5) is 0. The Hall–Kier alpha value is -0.840. The predicted molar refractivity (Wildman–Crippen MR) is 86.7 cm³/mol. The lowest BCUT2D eigenvalue weighted by atomic mass is 9.96. The maximum atomic E-state index is 13.8.